The van der Waals surface area contributed by atoms with Crippen molar-refractivity contribution in [3.63, 3.8) is 0 Å². The molecule has 0 aromatic carbocycles. The highest BCUT2D eigenvalue weighted by Gasteiger charge is 2.39. The zero-order valence-electron chi connectivity index (χ0n) is 7.75. The molecule has 0 radical (unpaired) electrons. The van der Waals surface area contributed by atoms with Crippen molar-refractivity contribution in [2.24, 2.45) is 0 Å². The second kappa shape index (κ2) is 4.65. The van der Waals surface area contributed by atoms with Crippen LogP contribution in [0.3, 0.4) is 0 Å². The summed E-state index contributed by atoms with van der Waals surface area (Å²) in [6.45, 7) is 0. The summed E-state index contributed by atoms with van der Waals surface area (Å²) in [5.74, 6) is -4.30. The first kappa shape index (κ1) is 13.4. The number of rotatable bonds is 2. The summed E-state index contributed by atoms with van der Waals surface area (Å²) in [6.07, 6.45) is -4.37. The van der Waals surface area contributed by atoms with E-state index in [1.165, 1.54) is 5.32 Å². The van der Waals surface area contributed by atoms with E-state index in [4.69, 9.17) is 5.11 Å². The number of carboxylic acid groups (broad SMARTS) is 1. The topological polar surface area (TPSA) is 92.2 Å². The first-order chi connectivity index (χ1) is 7.73. The monoisotopic (exact) mass is 313 g/mol. The number of carboxylic acids is 1. The maximum atomic E-state index is 11.9. The molecule has 0 unspecified atom stereocenters. The Bertz CT molecular complexity index is 477. The molecule has 17 heavy (non-hydrogen) atoms. The summed E-state index contributed by atoms with van der Waals surface area (Å²) in [6, 6.07) is 0. The Balaban J connectivity index is 3.05. The molecule has 6 nitrogen and oxygen atoms in total. The van der Waals surface area contributed by atoms with E-state index in [0.29, 0.717) is 0 Å². The second-order valence-corrected chi connectivity index (χ2v) is 3.43. The Morgan fingerprint density at radius 2 is 1.94 bits per heavy atom. The average molecular weight is 314 g/mol. The van der Waals surface area contributed by atoms with Crippen LogP contribution >= 0.6 is 15.9 Å². The lowest BCUT2D eigenvalue weighted by molar-refractivity contribution is -0.167. The van der Waals surface area contributed by atoms with Gasteiger partial charge in [0.15, 0.2) is 11.5 Å². The van der Waals surface area contributed by atoms with E-state index in [0.717, 1.165) is 6.33 Å². The fourth-order valence-corrected chi connectivity index (χ4v) is 1.26. The zero-order chi connectivity index (χ0) is 13.2. The van der Waals surface area contributed by atoms with Crippen LogP contribution in [0, 0.1) is 0 Å². The van der Waals surface area contributed by atoms with Gasteiger partial charge in [-0.25, -0.2) is 14.8 Å². The number of aromatic carboxylic acids is 1. The minimum Gasteiger partial charge on any atom is -0.476 e. The number of anilines is 1. The Hall–Kier alpha value is -1.71. The molecule has 1 aromatic rings. The summed E-state index contributed by atoms with van der Waals surface area (Å²) in [5.41, 5.74) is -0.558. The van der Waals surface area contributed by atoms with E-state index in [9.17, 15) is 22.8 Å². The van der Waals surface area contributed by atoms with Crippen LogP contribution in [0.5, 0.6) is 0 Å². The molecule has 0 fully saturated rings. The summed E-state index contributed by atoms with van der Waals surface area (Å²) in [5, 5.41) is 10.0. The summed E-state index contributed by atoms with van der Waals surface area (Å²) < 4.78 is 35.5. The molecule has 10 heteroatoms. The molecule has 92 valence electrons. The van der Waals surface area contributed by atoms with Gasteiger partial charge >= 0.3 is 18.1 Å². The third-order valence-corrected chi connectivity index (χ3v) is 2.23. The van der Waals surface area contributed by atoms with Crippen molar-refractivity contribution in [3.05, 3.63) is 16.5 Å². The molecule has 0 aliphatic rings. The fourth-order valence-electron chi connectivity index (χ4n) is 0.784. The van der Waals surface area contributed by atoms with E-state index in [-0.39, 0.29) is 4.47 Å². The molecule has 1 aromatic heterocycles. The van der Waals surface area contributed by atoms with Gasteiger partial charge < -0.3 is 10.4 Å². The highest BCUT2D eigenvalue weighted by molar-refractivity contribution is 9.10. The number of hydrogen-bond donors (Lipinski definition) is 2. The quantitative estimate of drug-likeness (QED) is 0.862. The zero-order valence-corrected chi connectivity index (χ0v) is 9.33. The van der Waals surface area contributed by atoms with Gasteiger partial charge in [-0.1, -0.05) is 0 Å². The van der Waals surface area contributed by atoms with Crippen LogP contribution in [0.1, 0.15) is 10.5 Å². The smallest absolute Gasteiger partial charge is 0.471 e. The van der Waals surface area contributed by atoms with Crippen molar-refractivity contribution in [2.45, 2.75) is 6.18 Å². The number of aromatic nitrogens is 2. The molecule has 0 bridgehead atoms. The SMILES string of the molecule is O=C(O)c1ncnc(NC(=O)C(F)(F)F)c1Br. The standard InChI is InChI=1S/C7H3BrF3N3O3/c8-2-3(5(15)16)12-1-13-4(2)14-6(17)7(9,10)11/h1H,(H,15,16)(H,12,13,14,17). The molecule has 1 amide bonds. The molecule has 0 aliphatic carbocycles. The van der Waals surface area contributed by atoms with Crippen LogP contribution in [-0.4, -0.2) is 33.1 Å². The van der Waals surface area contributed by atoms with Gasteiger partial charge in [-0.15, -0.1) is 0 Å². The van der Waals surface area contributed by atoms with Gasteiger partial charge in [0.1, 0.15) is 6.33 Å². The number of nitrogens with zero attached hydrogens (tertiary/aromatic N) is 2. The Kier molecular flexibility index (Phi) is 3.66. The van der Waals surface area contributed by atoms with E-state index in [1.54, 1.807) is 0 Å². The number of alkyl halides is 3. The molecule has 1 rings (SSSR count). The van der Waals surface area contributed by atoms with Gasteiger partial charge in [-0.2, -0.15) is 13.2 Å². The number of hydrogen-bond acceptors (Lipinski definition) is 4. The van der Waals surface area contributed by atoms with Crippen LogP contribution in [0.2, 0.25) is 0 Å². The third-order valence-electron chi connectivity index (χ3n) is 1.48. The van der Waals surface area contributed by atoms with Crippen molar-refractivity contribution in [2.75, 3.05) is 5.32 Å². The second-order valence-electron chi connectivity index (χ2n) is 2.64. The Labute approximate surface area is 100.0 Å². The van der Waals surface area contributed by atoms with E-state index < -0.39 is 29.6 Å². The normalized spacial score (nSPS) is 11.1. The number of carbonyl (C=O) groups excluding carboxylic acids is 1. The molecule has 0 saturated carbocycles. The maximum absolute atomic E-state index is 11.9. The van der Waals surface area contributed by atoms with E-state index in [1.807, 2.05) is 0 Å². The van der Waals surface area contributed by atoms with Crippen LogP contribution < -0.4 is 5.32 Å². The first-order valence-electron chi connectivity index (χ1n) is 3.85. The molecule has 0 spiro atoms. The van der Waals surface area contributed by atoms with Gasteiger partial charge in [0.2, 0.25) is 0 Å². The highest BCUT2D eigenvalue weighted by atomic mass is 79.9. The van der Waals surface area contributed by atoms with Gasteiger partial charge in [-0.3, -0.25) is 4.79 Å². The lowest BCUT2D eigenvalue weighted by atomic mass is 10.4. The van der Waals surface area contributed by atoms with Gasteiger partial charge in [0.05, 0.1) is 4.47 Å². The van der Waals surface area contributed by atoms with E-state index in [2.05, 4.69) is 25.9 Å². The molecular weight excluding hydrogens is 311 g/mol. The minimum atomic E-state index is -5.09. The van der Waals surface area contributed by atoms with Gasteiger partial charge in [0.25, 0.3) is 0 Å². The Morgan fingerprint density at radius 1 is 1.35 bits per heavy atom. The number of carbonyl (C=O) groups is 2. The highest BCUT2D eigenvalue weighted by Crippen LogP contribution is 2.24. The summed E-state index contributed by atoms with van der Waals surface area (Å²) in [4.78, 5) is 27.8. The molecular formula is C7H3BrF3N3O3. The molecule has 1 heterocycles. The third kappa shape index (κ3) is 3.12. The van der Waals surface area contributed by atoms with Crippen molar-refractivity contribution in [3.8, 4) is 0 Å². The van der Waals surface area contributed by atoms with Crippen LogP contribution in [-0.2, 0) is 4.79 Å². The molecule has 0 atom stereocenters. The van der Waals surface area contributed by atoms with E-state index >= 15 is 0 Å². The Morgan fingerprint density at radius 3 is 2.41 bits per heavy atom. The van der Waals surface area contributed by atoms with Crippen molar-refractivity contribution < 1.29 is 27.9 Å². The number of halogens is 4. The summed E-state index contributed by atoms with van der Waals surface area (Å²) in [7, 11) is 0. The fraction of sp³-hybridized carbons (Fsp3) is 0.143. The lowest BCUT2D eigenvalue weighted by Crippen LogP contribution is -2.30. The van der Waals surface area contributed by atoms with Crippen LogP contribution in [0.25, 0.3) is 0 Å². The number of nitrogens with one attached hydrogen (secondary N) is 1. The largest absolute Gasteiger partial charge is 0.476 e. The summed E-state index contributed by atoms with van der Waals surface area (Å²) >= 11 is 2.69. The van der Waals surface area contributed by atoms with Crippen molar-refractivity contribution in [1.29, 1.82) is 0 Å². The predicted octanol–water partition coefficient (Wildman–Crippen LogP) is 1.44. The molecule has 0 aliphatic heterocycles. The lowest BCUT2D eigenvalue weighted by Gasteiger charge is -2.09. The number of amides is 1. The van der Waals surface area contributed by atoms with Crippen molar-refractivity contribution >= 4 is 33.6 Å². The maximum Gasteiger partial charge on any atom is 0.471 e. The van der Waals surface area contributed by atoms with Gasteiger partial charge in [-0.05, 0) is 15.9 Å². The van der Waals surface area contributed by atoms with Gasteiger partial charge in [0, 0.05) is 0 Å². The average Bonchev–Trinajstić information content (AvgIpc) is 2.19. The predicted molar refractivity (Wildman–Crippen MR) is 51.4 cm³/mol. The van der Waals surface area contributed by atoms with Crippen LogP contribution in [0.4, 0.5) is 19.0 Å². The molecule has 2 N–H and O–H groups in total. The van der Waals surface area contributed by atoms with Crippen molar-refractivity contribution in [1.82, 2.24) is 9.97 Å². The molecule has 0 saturated heterocycles. The first-order valence-corrected chi connectivity index (χ1v) is 4.64. The van der Waals surface area contributed by atoms with Crippen LogP contribution in [0.15, 0.2) is 10.8 Å². The minimum absolute atomic E-state index is 0.343.